The van der Waals surface area contributed by atoms with Gasteiger partial charge in [-0.1, -0.05) is 38.8 Å². The van der Waals surface area contributed by atoms with Gasteiger partial charge in [-0.3, -0.25) is 0 Å². The molecule has 0 atom stereocenters. The second-order valence-electron chi connectivity index (χ2n) is 2.31. The van der Waals surface area contributed by atoms with E-state index < -0.39 is 0 Å². The average Bonchev–Trinajstić information content (AvgIpc) is 1.94. The molecule has 0 aromatic carbocycles. The minimum Gasteiger partial charge on any atom is -0.0773 e. The van der Waals surface area contributed by atoms with Crippen LogP contribution >= 0.6 is 0 Å². The summed E-state index contributed by atoms with van der Waals surface area (Å²) in [4.78, 5) is 0. The summed E-state index contributed by atoms with van der Waals surface area (Å²) in [6, 6.07) is 0. The van der Waals surface area contributed by atoms with E-state index in [0.29, 0.717) is 0 Å². The van der Waals surface area contributed by atoms with E-state index in [2.05, 4.69) is 27.7 Å². The fourth-order valence-corrected chi connectivity index (χ4v) is 0.957. The van der Waals surface area contributed by atoms with E-state index in [-0.39, 0.29) is 0 Å². The molecule has 0 aliphatic heterocycles. The number of allylic oxidation sites excluding steroid dienone is 2. The molecule has 0 heterocycles. The van der Waals surface area contributed by atoms with E-state index in [0.717, 1.165) is 0 Å². The van der Waals surface area contributed by atoms with Crippen molar-refractivity contribution in [1.29, 1.82) is 0 Å². The zero-order valence-electron chi connectivity index (χ0n) is 8.41. The summed E-state index contributed by atoms with van der Waals surface area (Å²) in [5.74, 6) is 0. The van der Waals surface area contributed by atoms with E-state index in [4.69, 9.17) is 0 Å². The molecule has 0 bridgehead atoms. The largest absolute Gasteiger partial charge is 0.0773 e. The van der Waals surface area contributed by atoms with E-state index in [1.807, 2.05) is 13.8 Å². The van der Waals surface area contributed by atoms with Gasteiger partial charge >= 0.3 is 0 Å². The minimum absolute atomic E-state index is 1.22. The van der Waals surface area contributed by atoms with E-state index in [9.17, 15) is 0 Å². The Balaban J connectivity index is 0. The molecule has 0 unspecified atom stereocenters. The maximum Gasteiger partial charge on any atom is -0.0347 e. The fourth-order valence-electron chi connectivity index (χ4n) is 0.957. The zero-order chi connectivity index (χ0) is 8.57. The molecule has 0 aliphatic carbocycles. The van der Waals surface area contributed by atoms with Gasteiger partial charge in [0.05, 0.1) is 0 Å². The Morgan fingerprint density at radius 1 is 0.900 bits per heavy atom. The predicted octanol–water partition coefficient (Wildman–Crippen LogP) is 4.17. The third kappa shape index (κ3) is 5.87. The first kappa shape index (κ1) is 12.4. The molecule has 0 aromatic heterocycles. The summed E-state index contributed by atoms with van der Waals surface area (Å²) in [6.07, 6.45) is 2.44. The van der Waals surface area contributed by atoms with Gasteiger partial charge < -0.3 is 0 Å². The van der Waals surface area contributed by atoms with Crippen molar-refractivity contribution in [3.8, 4) is 0 Å². The minimum atomic E-state index is 1.22. The molecule has 62 valence electrons. The molecule has 0 nitrogen and oxygen atoms in total. The topological polar surface area (TPSA) is 0 Å². The molecular formula is C10H22. The first-order valence-electron chi connectivity index (χ1n) is 4.37. The molecule has 0 radical (unpaired) electrons. The van der Waals surface area contributed by atoms with Gasteiger partial charge in [0.1, 0.15) is 0 Å². The Morgan fingerprint density at radius 2 is 1.20 bits per heavy atom. The molecule has 0 rings (SSSR count). The monoisotopic (exact) mass is 142 g/mol. The van der Waals surface area contributed by atoms with Crippen LogP contribution in [0.25, 0.3) is 0 Å². The molecule has 0 aromatic rings. The van der Waals surface area contributed by atoms with Gasteiger partial charge in [-0.15, -0.1) is 0 Å². The second kappa shape index (κ2) is 8.74. The SMILES string of the molecule is CC.CCC(CC)=C(C)C. The van der Waals surface area contributed by atoms with E-state index in [1.165, 1.54) is 18.4 Å². The fraction of sp³-hybridized carbons (Fsp3) is 0.800. The quantitative estimate of drug-likeness (QED) is 0.508. The van der Waals surface area contributed by atoms with Crippen LogP contribution < -0.4 is 0 Å². The van der Waals surface area contributed by atoms with E-state index in [1.54, 1.807) is 5.57 Å². The van der Waals surface area contributed by atoms with Crippen LogP contribution in [0.5, 0.6) is 0 Å². The number of hydrogen-bond acceptors (Lipinski definition) is 0. The summed E-state index contributed by atoms with van der Waals surface area (Å²) in [7, 11) is 0. The van der Waals surface area contributed by atoms with Gasteiger partial charge in [-0.25, -0.2) is 0 Å². The number of hydrogen-bond donors (Lipinski definition) is 0. The van der Waals surface area contributed by atoms with Crippen molar-refractivity contribution in [2.24, 2.45) is 0 Å². The van der Waals surface area contributed by atoms with Crippen molar-refractivity contribution in [2.75, 3.05) is 0 Å². The highest BCUT2D eigenvalue weighted by Crippen LogP contribution is 2.10. The third-order valence-electron chi connectivity index (χ3n) is 1.56. The molecular weight excluding hydrogens is 120 g/mol. The van der Waals surface area contributed by atoms with Crippen molar-refractivity contribution >= 4 is 0 Å². The smallest absolute Gasteiger partial charge is 0.0347 e. The average molecular weight is 142 g/mol. The van der Waals surface area contributed by atoms with E-state index >= 15 is 0 Å². The summed E-state index contributed by atoms with van der Waals surface area (Å²) < 4.78 is 0. The zero-order valence-corrected chi connectivity index (χ0v) is 8.41. The van der Waals surface area contributed by atoms with Crippen LogP contribution in [0.4, 0.5) is 0 Å². The van der Waals surface area contributed by atoms with Gasteiger partial charge in [0, 0.05) is 0 Å². The maximum absolute atomic E-state index is 2.21. The first-order valence-corrected chi connectivity index (χ1v) is 4.37. The molecule has 0 N–H and O–H groups in total. The second-order valence-corrected chi connectivity index (χ2v) is 2.31. The van der Waals surface area contributed by atoms with Crippen LogP contribution in [0.3, 0.4) is 0 Å². The van der Waals surface area contributed by atoms with Crippen LogP contribution in [0.15, 0.2) is 11.1 Å². The van der Waals surface area contributed by atoms with Gasteiger partial charge in [0.25, 0.3) is 0 Å². The number of rotatable bonds is 2. The molecule has 10 heavy (non-hydrogen) atoms. The van der Waals surface area contributed by atoms with Crippen molar-refractivity contribution in [3.05, 3.63) is 11.1 Å². The molecule has 0 saturated carbocycles. The lowest BCUT2D eigenvalue weighted by molar-refractivity contribution is 0.945. The Hall–Kier alpha value is -0.260. The molecule has 0 aliphatic rings. The van der Waals surface area contributed by atoms with Gasteiger partial charge in [0.15, 0.2) is 0 Å². The lowest BCUT2D eigenvalue weighted by Gasteiger charge is -2.00. The van der Waals surface area contributed by atoms with Crippen molar-refractivity contribution in [2.45, 2.75) is 54.4 Å². The summed E-state index contributed by atoms with van der Waals surface area (Å²) in [6.45, 7) is 12.8. The lowest BCUT2D eigenvalue weighted by atomic mass is 10.1. The third-order valence-corrected chi connectivity index (χ3v) is 1.56. The lowest BCUT2D eigenvalue weighted by Crippen LogP contribution is -1.79. The van der Waals surface area contributed by atoms with Crippen molar-refractivity contribution in [1.82, 2.24) is 0 Å². The normalized spacial score (nSPS) is 7.80. The standard InChI is InChI=1S/C8H16.C2H6/c1-5-8(6-2)7(3)4;1-2/h5-6H2,1-4H3;1-2H3. The Kier molecular flexibility index (Phi) is 10.9. The first-order chi connectivity index (χ1) is 4.72. The molecule has 0 fully saturated rings. The van der Waals surface area contributed by atoms with Crippen LogP contribution in [0.1, 0.15) is 54.4 Å². The van der Waals surface area contributed by atoms with Crippen LogP contribution in [-0.2, 0) is 0 Å². The molecule has 0 spiro atoms. The van der Waals surface area contributed by atoms with Crippen LogP contribution in [0.2, 0.25) is 0 Å². The highest BCUT2D eigenvalue weighted by molar-refractivity contribution is 5.07. The van der Waals surface area contributed by atoms with Crippen molar-refractivity contribution in [3.63, 3.8) is 0 Å². The summed E-state index contributed by atoms with van der Waals surface area (Å²) in [5.41, 5.74) is 3.10. The predicted molar refractivity (Wildman–Crippen MR) is 50.3 cm³/mol. The maximum atomic E-state index is 2.21. The molecule has 0 heteroatoms. The highest BCUT2D eigenvalue weighted by atomic mass is 14.0. The Bertz CT molecular complexity index is 78.2. The molecule has 0 amide bonds. The summed E-state index contributed by atoms with van der Waals surface area (Å²) >= 11 is 0. The van der Waals surface area contributed by atoms with Crippen molar-refractivity contribution < 1.29 is 0 Å². The van der Waals surface area contributed by atoms with Crippen LogP contribution in [-0.4, -0.2) is 0 Å². The van der Waals surface area contributed by atoms with Gasteiger partial charge in [-0.05, 0) is 26.7 Å². The Labute approximate surface area is 66.3 Å². The summed E-state index contributed by atoms with van der Waals surface area (Å²) in [5, 5.41) is 0. The Morgan fingerprint density at radius 3 is 1.20 bits per heavy atom. The van der Waals surface area contributed by atoms with Gasteiger partial charge in [0.2, 0.25) is 0 Å². The van der Waals surface area contributed by atoms with Crippen LogP contribution in [0, 0.1) is 0 Å². The molecule has 0 saturated heterocycles. The highest BCUT2D eigenvalue weighted by Gasteiger charge is 1.89. The van der Waals surface area contributed by atoms with Gasteiger partial charge in [-0.2, -0.15) is 0 Å².